The van der Waals surface area contributed by atoms with Crippen molar-refractivity contribution in [3.05, 3.63) is 221 Å². The predicted octanol–water partition coefficient (Wildman–Crippen LogP) is 5.90. The van der Waals surface area contributed by atoms with E-state index in [1.165, 1.54) is 55.8 Å². The van der Waals surface area contributed by atoms with Crippen molar-refractivity contribution < 1.29 is 46.1 Å². The number of halogens is 2. The van der Waals surface area contributed by atoms with Crippen LogP contribution in [-0.4, -0.2) is 3.21 Å². The molecule has 0 N–H and O–H groups in total. The summed E-state index contributed by atoms with van der Waals surface area (Å²) in [6, 6.07) is 59.2. The molecule has 6 aromatic rings. The molecule has 0 spiro atoms. The molecule has 0 saturated carbocycles. The van der Waals surface area contributed by atoms with Gasteiger partial charge in [0.15, 0.2) is 0 Å². The van der Waals surface area contributed by atoms with Crippen LogP contribution in [0.15, 0.2) is 182 Å². The Bertz CT molecular complexity index is 2100. The van der Waals surface area contributed by atoms with E-state index in [0.29, 0.717) is 13.2 Å². The summed E-state index contributed by atoms with van der Waals surface area (Å²) in [6.45, 7) is 6.37. The van der Waals surface area contributed by atoms with E-state index in [9.17, 15) is 0 Å². The van der Waals surface area contributed by atoms with Crippen LogP contribution in [0.1, 0.15) is 62.3 Å². The first-order valence-electron chi connectivity index (χ1n) is 17.9. The third-order valence-electron chi connectivity index (χ3n) is 10.3. The number of hydrogen-bond donors (Lipinski definition) is 0. The standard InChI is InChI=1S/C30H28N.C13H10.C5H5.2ClH.Zr/c1-22(2)25-13-15-29-26(17-25)18-27-19-28(14-16-30(27)29)31(20-23-9-5-3-6-10-23)21-24-11-7-4-8-12-24;1-3-7-12(8-4-1)11-13-9-5-2-6-10-13;1-2-4-5-3-1;;;/h3-19,22H,20-21H2,1-2H3;1-10H;1-5H;2*1H;/q;;;;;+2/p-2. The van der Waals surface area contributed by atoms with E-state index < -0.39 is 21.3 Å². The summed E-state index contributed by atoms with van der Waals surface area (Å²) in [6.07, 6.45) is 9.59. The number of benzene rings is 6. The topological polar surface area (TPSA) is 3.24 Å². The number of rotatable bonds is 10. The van der Waals surface area contributed by atoms with Gasteiger partial charge in [0.1, 0.15) is 0 Å². The zero-order chi connectivity index (χ0) is 33.9. The van der Waals surface area contributed by atoms with Crippen LogP contribution in [0.2, 0.25) is 3.63 Å². The molecule has 0 fully saturated rings. The molecule has 258 valence electrons. The minimum absolute atomic E-state index is 0. The maximum Gasteiger partial charge on any atom is -1.00 e. The second-order valence-corrected chi connectivity index (χ2v) is 20.4. The summed E-state index contributed by atoms with van der Waals surface area (Å²) < 4.78 is 2.42. The molecule has 8 rings (SSSR count). The van der Waals surface area contributed by atoms with Gasteiger partial charge in [-0.25, -0.2) is 0 Å². The van der Waals surface area contributed by atoms with Gasteiger partial charge >= 0.3 is 307 Å². The molecule has 0 amide bonds. The Morgan fingerprint density at radius 2 is 1.02 bits per heavy atom. The average molecular weight is 796 g/mol. The molecule has 0 heterocycles. The summed E-state index contributed by atoms with van der Waals surface area (Å²) in [5.74, 6) is 0.470. The van der Waals surface area contributed by atoms with Crippen LogP contribution in [-0.2, 0) is 34.4 Å². The number of allylic oxidation sites excluding steroid dienone is 4. The van der Waals surface area contributed by atoms with Gasteiger partial charge in [0.2, 0.25) is 0 Å². The minimum Gasteiger partial charge on any atom is -1.00 e. The molecule has 1 nitrogen and oxygen atoms in total. The number of hydrogen-bond acceptors (Lipinski definition) is 1. The quantitative estimate of drug-likeness (QED) is 0.167. The third kappa shape index (κ3) is 7.82. The van der Waals surface area contributed by atoms with Gasteiger partial charge in [0, 0.05) is 0 Å². The van der Waals surface area contributed by atoms with Crippen LogP contribution in [0.5, 0.6) is 0 Å². The van der Waals surface area contributed by atoms with Crippen molar-refractivity contribution in [2.24, 2.45) is 0 Å². The molecule has 1 unspecified atom stereocenters. The van der Waals surface area contributed by atoms with Crippen molar-refractivity contribution in [1.29, 1.82) is 0 Å². The molecule has 0 aliphatic heterocycles. The maximum atomic E-state index is 2.58. The Balaban J connectivity index is 0.00000232. The summed E-state index contributed by atoms with van der Waals surface area (Å²) in [5.41, 5.74) is 14.0. The third-order valence-corrected chi connectivity index (χ3v) is 18.9. The molecule has 0 bridgehead atoms. The smallest absolute Gasteiger partial charge is 1.00 e. The fourth-order valence-corrected chi connectivity index (χ4v) is 17.2. The molecule has 0 saturated heterocycles. The molecule has 1 atom stereocenters. The van der Waals surface area contributed by atoms with Gasteiger partial charge in [-0.2, -0.15) is 0 Å². The number of nitrogens with zero attached hydrogens (tertiary/aromatic N) is 1. The summed E-state index contributed by atoms with van der Waals surface area (Å²) in [4.78, 5) is 2.57. The van der Waals surface area contributed by atoms with Crippen LogP contribution in [0, 0.1) is 0 Å². The number of fused-ring (bicyclic) bond motifs is 3. The van der Waals surface area contributed by atoms with E-state index in [2.05, 4.69) is 201 Å². The molecular weight excluding hydrogens is 753 g/mol. The van der Waals surface area contributed by atoms with Crippen molar-refractivity contribution in [1.82, 2.24) is 0 Å². The molecule has 0 radical (unpaired) electrons. The van der Waals surface area contributed by atoms with E-state index >= 15 is 0 Å². The van der Waals surface area contributed by atoms with Crippen LogP contribution in [0.3, 0.4) is 0 Å². The van der Waals surface area contributed by atoms with Crippen LogP contribution < -0.4 is 29.7 Å². The second-order valence-electron chi connectivity index (χ2n) is 13.9. The van der Waals surface area contributed by atoms with Crippen LogP contribution >= 0.6 is 0 Å². The monoisotopic (exact) mass is 793 g/mol. The Hall–Kier alpha value is -4.07. The molecule has 2 aliphatic rings. The van der Waals surface area contributed by atoms with E-state index in [1.54, 1.807) is 3.21 Å². The molecule has 52 heavy (non-hydrogen) atoms. The molecule has 0 aromatic heterocycles. The first-order chi connectivity index (χ1) is 24.6. The molecule has 4 heteroatoms. The van der Waals surface area contributed by atoms with Gasteiger partial charge in [-0.1, -0.05) is 0 Å². The van der Waals surface area contributed by atoms with Crippen LogP contribution in [0.4, 0.5) is 5.69 Å². The summed E-state index contributed by atoms with van der Waals surface area (Å²) in [7, 11) is 0. The zero-order valence-corrected chi connectivity index (χ0v) is 33.6. The first-order valence-corrected chi connectivity index (χ1v) is 22.0. The molecule has 2 aliphatic carbocycles. The van der Waals surface area contributed by atoms with Gasteiger partial charge in [-0.3, -0.25) is 0 Å². The maximum absolute atomic E-state index is 2.76. The van der Waals surface area contributed by atoms with Crippen LogP contribution in [0.25, 0.3) is 11.1 Å². The largest absolute Gasteiger partial charge is 1.00 e. The normalized spacial score (nSPS) is 13.8. The van der Waals surface area contributed by atoms with Gasteiger partial charge in [-0.15, -0.1) is 0 Å². The van der Waals surface area contributed by atoms with E-state index in [4.69, 9.17) is 0 Å². The van der Waals surface area contributed by atoms with E-state index in [1.807, 2.05) is 0 Å². The Kier molecular flexibility index (Phi) is 12.4. The Morgan fingerprint density at radius 1 is 0.558 bits per heavy atom. The van der Waals surface area contributed by atoms with Gasteiger partial charge < -0.3 is 24.8 Å². The Labute approximate surface area is 329 Å². The van der Waals surface area contributed by atoms with Gasteiger partial charge in [0.25, 0.3) is 0 Å². The average Bonchev–Trinajstić information content (AvgIpc) is 3.81. The van der Waals surface area contributed by atoms with E-state index in [0.717, 1.165) is 13.1 Å². The van der Waals surface area contributed by atoms with Gasteiger partial charge in [-0.05, 0) is 0 Å². The summed E-state index contributed by atoms with van der Waals surface area (Å²) >= 11 is -2.76. The van der Waals surface area contributed by atoms with Crippen molar-refractivity contribution >= 4 is 8.89 Å². The van der Waals surface area contributed by atoms with Crippen molar-refractivity contribution in [3.8, 4) is 11.1 Å². The zero-order valence-electron chi connectivity index (χ0n) is 29.7. The molecular formula is C48H43Cl2NZr. The fourth-order valence-electron chi connectivity index (χ4n) is 7.86. The SMILES string of the molecule is CC(C)c1ccc2c(c1)[CH]([Zr+2](=[C](c1ccccc1)c1ccccc1)[CH]1C=CC=C1)c1cc(N(Cc3ccccc3)Cc3ccccc3)ccc1-2.[Cl-].[Cl-]. The molecule has 6 aromatic carbocycles. The first kappa shape index (κ1) is 37.7. The van der Waals surface area contributed by atoms with Gasteiger partial charge in [0.05, 0.1) is 0 Å². The van der Waals surface area contributed by atoms with Crippen molar-refractivity contribution in [2.45, 2.75) is 40.1 Å². The second kappa shape index (κ2) is 17.2. The Morgan fingerprint density at radius 3 is 1.52 bits per heavy atom. The predicted molar refractivity (Wildman–Crippen MR) is 209 cm³/mol. The summed E-state index contributed by atoms with van der Waals surface area (Å²) in [5, 5.41) is 0. The van der Waals surface area contributed by atoms with Crippen molar-refractivity contribution in [2.75, 3.05) is 4.90 Å². The minimum atomic E-state index is -2.76. The fraction of sp³-hybridized carbons (Fsp3) is 0.146. The van der Waals surface area contributed by atoms with Crippen molar-refractivity contribution in [3.63, 3.8) is 0 Å². The number of anilines is 1. The van der Waals surface area contributed by atoms with E-state index in [-0.39, 0.29) is 24.8 Å².